The zero-order chi connectivity index (χ0) is 25.4. The van der Waals surface area contributed by atoms with Gasteiger partial charge in [0.05, 0.1) is 0 Å². The van der Waals surface area contributed by atoms with Gasteiger partial charge in [-0.2, -0.15) is 0 Å². The largest absolute Gasteiger partial charge is 0.484 e. The van der Waals surface area contributed by atoms with Crippen LogP contribution in [0.3, 0.4) is 0 Å². The molecule has 0 radical (unpaired) electrons. The minimum Gasteiger partial charge on any atom is -0.484 e. The monoisotopic (exact) mass is 512 g/mol. The summed E-state index contributed by atoms with van der Waals surface area (Å²) in [6.07, 6.45) is 0.331. The van der Waals surface area contributed by atoms with Crippen molar-refractivity contribution in [1.29, 1.82) is 0 Å². The smallest absolute Gasteiger partial charge is 0.261 e. The first-order valence-electron chi connectivity index (χ1n) is 11.5. The Hall–Kier alpha value is -3.02. The van der Waals surface area contributed by atoms with Crippen LogP contribution < -0.4 is 10.1 Å². The van der Waals surface area contributed by atoms with E-state index in [9.17, 15) is 9.59 Å². The standard InChI is InChI=1S/C28H30Cl2N2O3/c1-19(2)31-28(34)26(16-21-10-5-4-6-11-21)32(17-23-24(29)13-8-14-25(23)30)27(33)18-35-22-12-7-9-20(3)15-22/h4-15,19,26H,16-18H2,1-3H3,(H,31,34). The lowest BCUT2D eigenvalue weighted by Crippen LogP contribution is -2.52. The van der Waals surface area contributed by atoms with Crippen LogP contribution >= 0.6 is 23.2 Å². The molecule has 0 aliphatic heterocycles. The predicted molar refractivity (Wildman–Crippen MR) is 141 cm³/mol. The van der Waals surface area contributed by atoms with Gasteiger partial charge in [-0.15, -0.1) is 0 Å². The van der Waals surface area contributed by atoms with Crippen LogP contribution in [0.4, 0.5) is 0 Å². The number of aryl methyl sites for hydroxylation is 1. The van der Waals surface area contributed by atoms with E-state index in [1.165, 1.54) is 4.90 Å². The Morgan fingerprint density at radius 3 is 2.23 bits per heavy atom. The van der Waals surface area contributed by atoms with Gasteiger partial charge in [0.15, 0.2) is 6.61 Å². The summed E-state index contributed by atoms with van der Waals surface area (Å²) >= 11 is 12.9. The summed E-state index contributed by atoms with van der Waals surface area (Å²) in [4.78, 5) is 28.5. The maximum atomic E-state index is 13.6. The van der Waals surface area contributed by atoms with Crippen LogP contribution in [0.5, 0.6) is 5.75 Å². The Labute approximate surface area is 217 Å². The van der Waals surface area contributed by atoms with Gasteiger partial charge in [-0.25, -0.2) is 0 Å². The Morgan fingerprint density at radius 2 is 1.60 bits per heavy atom. The molecule has 3 rings (SSSR count). The molecule has 0 saturated carbocycles. The van der Waals surface area contributed by atoms with Crippen molar-refractivity contribution >= 4 is 35.0 Å². The highest BCUT2D eigenvalue weighted by Gasteiger charge is 2.32. The van der Waals surface area contributed by atoms with Crippen molar-refractivity contribution in [2.75, 3.05) is 6.61 Å². The number of ether oxygens (including phenoxy) is 1. The first kappa shape index (κ1) is 26.6. The highest BCUT2D eigenvalue weighted by molar-refractivity contribution is 6.36. The van der Waals surface area contributed by atoms with Crippen molar-refractivity contribution < 1.29 is 14.3 Å². The zero-order valence-corrected chi connectivity index (χ0v) is 21.6. The average molecular weight is 513 g/mol. The van der Waals surface area contributed by atoms with E-state index in [1.54, 1.807) is 24.3 Å². The van der Waals surface area contributed by atoms with Gasteiger partial charge < -0.3 is 15.0 Å². The van der Waals surface area contributed by atoms with Gasteiger partial charge in [0.1, 0.15) is 11.8 Å². The van der Waals surface area contributed by atoms with E-state index >= 15 is 0 Å². The van der Waals surface area contributed by atoms with Crippen molar-refractivity contribution in [2.45, 2.75) is 45.8 Å². The first-order chi connectivity index (χ1) is 16.7. The lowest BCUT2D eigenvalue weighted by atomic mass is 10.0. The lowest BCUT2D eigenvalue weighted by molar-refractivity contribution is -0.143. The van der Waals surface area contributed by atoms with Crippen molar-refractivity contribution in [1.82, 2.24) is 10.2 Å². The normalized spacial score (nSPS) is 11.7. The average Bonchev–Trinajstić information content (AvgIpc) is 2.81. The fraction of sp³-hybridized carbons (Fsp3) is 0.286. The highest BCUT2D eigenvalue weighted by Crippen LogP contribution is 2.27. The van der Waals surface area contributed by atoms with Gasteiger partial charge >= 0.3 is 0 Å². The summed E-state index contributed by atoms with van der Waals surface area (Å²) in [6, 6.07) is 21.4. The van der Waals surface area contributed by atoms with Crippen LogP contribution in [0.2, 0.25) is 10.0 Å². The maximum absolute atomic E-state index is 13.6. The molecule has 0 aliphatic rings. The van der Waals surface area contributed by atoms with Crippen molar-refractivity contribution in [3.05, 3.63) is 99.5 Å². The zero-order valence-electron chi connectivity index (χ0n) is 20.1. The molecule has 0 saturated heterocycles. The summed E-state index contributed by atoms with van der Waals surface area (Å²) in [5.74, 6) is -0.0152. The quantitative estimate of drug-likeness (QED) is 0.370. The number of hydrogen-bond acceptors (Lipinski definition) is 3. The SMILES string of the molecule is Cc1cccc(OCC(=O)N(Cc2c(Cl)cccc2Cl)C(Cc2ccccc2)C(=O)NC(C)C)c1. The number of carbonyl (C=O) groups is 2. The minimum atomic E-state index is -0.791. The summed E-state index contributed by atoms with van der Waals surface area (Å²) in [6.45, 7) is 5.56. The van der Waals surface area contributed by atoms with Gasteiger partial charge in [-0.3, -0.25) is 9.59 Å². The topological polar surface area (TPSA) is 58.6 Å². The fourth-order valence-corrected chi connectivity index (χ4v) is 4.24. The van der Waals surface area contributed by atoms with Gasteiger partial charge in [0.2, 0.25) is 5.91 Å². The van der Waals surface area contributed by atoms with Gasteiger partial charge in [0.25, 0.3) is 5.91 Å². The van der Waals surface area contributed by atoms with E-state index in [-0.39, 0.29) is 31.0 Å². The van der Waals surface area contributed by atoms with Crippen LogP contribution in [-0.4, -0.2) is 35.4 Å². The molecule has 5 nitrogen and oxygen atoms in total. The molecule has 1 unspecified atom stereocenters. The third kappa shape index (κ3) is 7.74. The van der Waals surface area contributed by atoms with Crippen molar-refractivity contribution in [3.8, 4) is 5.75 Å². The molecule has 7 heteroatoms. The van der Waals surface area contributed by atoms with Gasteiger partial charge in [-0.05, 0) is 56.2 Å². The van der Waals surface area contributed by atoms with Crippen molar-refractivity contribution in [3.63, 3.8) is 0 Å². The fourth-order valence-electron chi connectivity index (χ4n) is 3.72. The van der Waals surface area contributed by atoms with E-state index in [1.807, 2.05) is 69.3 Å². The molecule has 1 atom stereocenters. The second-order valence-electron chi connectivity index (χ2n) is 8.70. The van der Waals surface area contributed by atoms with Crippen molar-refractivity contribution in [2.24, 2.45) is 0 Å². The van der Waals surface area contributed by atoms with Crippen LogP contribution in [0.15, 0.2) is 72.8 Å². The molecular formula is C28H30Cl2N2O3. The number of nitrogens with zero attached hydrogens (tertiary/aromatic N) is 1. The highest BCUT2D eigenvalue weighted by atomic mass is 35.5. The Kier molecular flexibility index (Phi) is 9.58. The van der Waals surface area contributed by atoms with Crippen LogP contribution in [0, 0.1) is 6.92 Å². The number of hydrogen-bond donors (Lipinski definition) is 1. The third-order valence-electron chi connectivity index (χ3n) is 5.44. The Morgan fingerprint density at radius 1 is 0.943 bits per heavy atom. The third-order valence-corrected chi connectivity index (χ3v) is 6.15. The number of halogens is 2. The number of rotatable bonds is 10. The molecular weight excluding hydrogens is 483 g/mol. The van der Waals surface area contributed by atoms with E-state index in [0.717, 1.165) is 11.1 Å². The van der Waals surface area contributed by atoms with E-state index in [0.29, 0.717) is 27.8 Å². The molecule has 184 valence electrons. The van der Waals surface area contributed by atoms with Gasteiger partial charge in [0, 0.05) is 34.6 Å². The molecule has 3 aromatic rings. The summed E-state index contributed by atoms with van der Waals surface area (Å²) in [7, 11) is 0. The Bertz CT molecular complexity index is 1130. The molecule has 0 heterocycles. The molecule has 0 aromatic heterocycles. The van der Waals surface area contributed by atoms with E-state index in [2.05, 4.69) is 5.32 Å². The number of nitrogens with one attached hydrogen (secondary N) is 1. The first-order valence-corrected chi connectivity index (χ1v) is 12.3. The molecule has 3 aromatic carbocycles. The summed E-state index contributed by atoms with van der Waals surface area (Å²) in [5.41, 5.74) is 2.53. The molecule has 0 bridgehead atoms. The second-order valence-corrected chi connectivity index (χ2v) is 9.51. The molecule has 1 N–H and O–H groups in total. The molecule has 35 heavy (non-hydrogen) atoms. The molecule has 0 spiro atoms. The van der Waals surface area contributed by atoms with Crippen LogP contribution in [-0.2, 0) is 22.6 Å². The molecule has 0 aliphatic carbocycles. The van der Waals surface area contributed by atoms with Crippen LogP contribution in [0.1, 0.15) is 30.5 Å². The predicted octanol–water partition coefficient (Wildman–Crippen LogP) is 5.85. The molecule has 0 fully saturated rings. The van der Waals surface area contributed by atoms with Crippen LogP contribution in [0.25, 0.3) is 0 Å². The Balaban J connectivity index is 1.96. The van der Waals surface area contributed by atoms with E-state index in [4.69, 9.17) is 27.9 Å². The lowest BCUT2D eigenvalue weighted by Gasteiger charge is -2.32. The summed E-state index contributed by atoms with van der Waals surface area (Å²) < 4.78 is 5.80. The minimum absolute atomic E-state index is 0.0670. The number of benzene rings is 3. The number of amides is 2. The van der Waals surface area contributed by atoms with Gasteiger partial charge in [-0.1, -0.05) is 71.7 Å². The second kappa shape index (κ2) is 12.6. The summed E-state index contributed by atoms with van der Waals surface area (Å²) in [5, 5.41) is 3.81. The molecule has 2 amide bonds. The maximum Gasteiger partial charge on any atom is 0.261 e. The van der Waals surface area contributed by atoms with E-state index < -0.39 is 6.04 Å². The number of carbonyl (C=O) groups excluding carboxylic acids is 2.